The number of anilines is 1. The number of hydrogen-bond acceptors (Lipinski definition) is 7. The van der Waals surface area contributed by atoms with E-state index in [1.165, 1.54) is 0 Å². The number of primary sulfonamides is 1. The normalized spacial score (nSPS) is 8.21. The third-order valence-corrected chi connectivity index (χ3v) is 2.62. The number of rotatable bonds is 4. The third kappa shape index (κ3) is 19.2. The summed E-state index contributed by atoms with van der Waals surface area (Å²) in [6.45, 7) is 3.74. The maximum Gasteiger partial charge on any atom is 0.290 e. The Morgan fingerprint density at radius 2 is 1.54 bits per heavy atom. The molecule has 0 heterocycles. The number of nitrogen functional groups attached to an aromatic ring is 1. The van der Waals surface area contributed by atoms with Crippen LogP contribution < -0.4 is 16.2 Å². The number of carboxylic acid groups (broad SMARTS) is 1. The van der Waals surface area contributed by atoms with Gasteiger partial charge in [0.25, 0.3) is 12.4 Å². The van der Waals surface area contributed by atoms with Gasteiger partial charge < -0.3 is 25.7 Å². The van der Waals surface area contributed by atoms with Crippen molar-refractivity contribution in [2.75, 3.05) is 18.0 Å². The molecule has 1 aromatic rings. The Labute approximate surface area is 140 Å². The molecule has 0 aromatic heterocycles. The number of benzene rings is 1. The first-order valence-corrected chi connectivity index (χ1v) is 7.31. The molecular formula is C13H23N3O7S. The van der Waals surface area contributed by atoms with E-state index in [0.717, 1.165) is 0 Å². The molecule has 0 aliphatic heterocycles. The van der Waals surface area contributed by atoms with Gasteiger partial charge in [0.15, 0.2) is 0 Å². The van der Waals surface area contributed by atoms with Gasteiger partial charge in [0.1, 0.15) is 13.6 Å². The van der Waals surface area contributed by atoms with Crippen LogP contribution in [0.4, 0.5) is 5.69 Å². The van der Waals surface area contributed by atoms with Crippen molar-refractivity contribution >= 4 is 41.7 Å². The van der Waals surface area contributed by atoms with Gasteiger partial charge in [-0.05, 0) is 24.3 Å². The van der Waals surface area contributed by atoms with Crippen LogP contribution in [0.2, 0.25) is 0 Å². The molecule has 0 fully saturated rings. The fourth-order valence-electron chi connectivity index (χ4n) is 1.04. The van der Waals surface area contributed by atoms with Crippen LogP contribution in [-0.2, 0) is 24.4 Å². The first kappa shape index (κ1) is 29.2. The first-order chi connectivity index (χ1) is 10.8. The summed E-state index contributed by atoms with van der Waals surface area (Å²) in [5.74, 6) is -0.642. The summed E-state index contributed by atoms with van der Waals surface area (Å²) < 4.78 is 21.2. The summed E-state index contributed by atoms with van der Waals surface area (Å²) in [7, 11) is -3.54. The number of nitrogens with one attached hydrogen (secondary N) is 1. The topological polar surface area (TPSA) is 187 Å². The Kier molecular flexibility index (Phi) is 22.3. The zero-order valence-electron chi connectivity index (χ0n) is 12.2. The lowest BCUT2D eigenvalue weighted by atomic mass is 10.2. The predicted molar refractivity (Wildman–Crippen MR) is 90.8 cm³/mol. The van der Waals surface area contributed by atoms with Crippen molar-refractivity contribution in [3.8, 4) is 0 Å². The molecule has 1 aromatic carbocycles. The fourth-order valence-corrected chi connectivity index (χ4v) is 1.43. The molecule has 0 aliphatic rings. The van der Waals surface area contributed by atoms with Gasteiger partial charge in [-0.15, -0.1) is 0 Å². The van der Waals surface area contributed by atoms with E-state index in [9.17, 15) is 13.2 Å². The van der Waals surface area contributed by atoms with Crippen LogP contribution in [0.1, 0.15) is 17.8 Å². The Morgan fingerprint density at radius 1 is 1.17 bits per heavy atom. The second-order valence-corrected chi connectivity index (χ2v) is 5.08. The lowest BCUT2D eigenvalue weighted by molar-refractivity contribution is -0.122. The Hall–Kier alpha value is -2.79. The van der Waals surface area contributed by atoms with Crippen molar-refractivity contribution in [2.45, 2.75) is 7.43 Å². The zero-order valence-corrected chi connectivity index (χ0v) is 13.0. The molecule has 138 valence electrons. The molecule has 0 spiro atoms. The van der Waals surface area contributed by atoms with Gasteiger partial charge in [-0.2, -0.15) is 0 Å². The minimum atomic E-state index is -3.54. The summed E-state index contributed by atoms with van der Waals surface area (Å²) in [5.41, 5.74) is 6.43. The Morgan fingerprint density at radius 3 is 1.88 bits per heavy atom. The minimum absolute atomic E-state index is 0. The summed E-state index contributed by atoms with van der Waals surface area (Å²) in [6.07, 6.45) is 0. The van der Waals surface area contributed by atoms with E-state index in [1.807, 2.05) is 13.6 Å². The number of amides is 1. The summed E-state index contributed by atoms with van der Waals surface area (Å²) >= 11 is 0. The monoisotopic (exact) mass is 365 g/mol. The highest BCUT2D eigenvalue weighted by Crippen LogP contribution is 2.04. The molecule has 24 heavy (non-hydrogen) atoms. The molecule has 0 aliphatic carbocycles. The van der Waals surface area contributed by atoms with Gasteiger partial charge >= 0.3 is 0 Å². The number of hydrogen-bond donors (Lipinski definition) is 4. The van der Waals surface area contributed by atoms with Gasteiger partial charge in [-0.25, -0.2) is 13.6 Å². The predicted octanol–water partition coefficient (Wildman–Crippen LogP) is -0.746. The van der Waals surface area contributed by atoms with Crippen LogP contribution in [0.3, 0.4) is 0 Å². The summed E-state index contributed by atoms with van der Waals surface area (Å²) in [6, 6.07) is 6.30. The molecule has 0 saturated heterocycles. The van der Waals surface area contributed by atoms with Crippen LogP contribution in [0.15, 0.2) is 24.3 Å². The maximum atomic E-state index is 11.5. The van der Waals surface area contributed by atoms with E-state index in [0.29, 0.717) is 11.3 Å². The summed E-state index contributed by atoms with van der Waals surface area (Å²) in [4.78, 5) is 35.8. The SMILES string of the molecule is C.C=O.C=O.Nc1ccc(C(=O)NCCS(N)(=O)=O)cc1.O=CO. The Bertz CT molecular complexity index is 545. The van der Waals surface area contributed by atoms with E-state index in [2.05, 4.69) is 5.32 Å². The van der Waals surface area contributed by atoms with E-state index in [1.54, 1.807) is 24.3 Å². The van der Waals surface area contributed by atoms with Crippen LogP contribution in [-0.4, -0.2) is 51.8 Å². The molecule has 0 radical (unpaired) electrons. The van der Waals surface area contributed by atoms with Crippen molar-refractivity contribution in [1.82, 2.24) is 5.32 Å². The lowest BCUT2D eigenvalue weighted by Gasteiger charge is -2.04. The maximum absolute atomic E-state index is 11.5. The van der Waals surface area contributed by atoms with Gasteiger partial charge in [0.2, 0.25) is 10.0 Å². The highest BCUT2D eigenvalue weighted by Gasteiger charge is 2.06. The average Bonchev–Trinajstić information content (AvgIpc) is 2.51. The molecule has 10 nitrogen and oxygen atoms in total. The van der Waals surface area contributed by atoms with Crippen LogP contribution in [0.25, 0.3) is 0 Å². The van der Waals surface area contributed by atoms with E-state index in [-0.39, 0.29) is 32.1 Å². The second-order valence-electron chi connectivity index (χ2n) is 3.35. The van der Waals surface area contributed by atoms with Crippen molar-refractivity contribution in [1.29, 1.82) is 0 Å². The average molecular weight is 365 g/mol. The smallest absolute Gasteiger partial charge is 0.290 e. The van der Waals surface area contributed by atoms with Crippen molar-refractivity contribution in [2.24, 2.45) is 5.14 Å². The van der Waals surface area contributed by atoms with Gasteiger partial charge in [0, 0.05) is 17.8 Å². The standard InChI is InChI=1S/C9H13N3O3S.CH2O2.2CH2O.CH4/c10-8-3-1-7(2-4-8)9(13)12-5-6-16(11,14)15;2-1-3;2*1-2;/h1-4H,5-6,10H2,(H,12,13)(H2,11,14,15);1H,(H,2,3);2*1H2;1H4. The first-order valence-electron chi connectivity index (χ1n) is 5.60. The molecule has 11 heteroatoms. The van der Waals surface area contributed by atoms with Crippen LogP contribution >= 0.6 is 0 Å². The molecule has 0 bridgehead atoms. The second kappa shape index (κ2) is 18.3. The lowest BCUT2D eigenvalue weighted by Crippen LogP contribution is -2.31. The van der Waals surface area contributed by atoms with Crippen LogP contribution in [0, 0.1) is 0 Å². The van der Waals surface area contributed by atoms with Gasteiger partial charge in [-0.1, -0.05) is 7.43 Å². The largest absolute Gasteiger partial charge is 0.483 e. The van der Waals surface area contributed by atoms with E-state index < -0.39 is 10.0 Å². The van der Waals surface area contributed by atoms with Crippen molar-refractivity contribution in [3.05, 3.63) is 29.8 Å². The molecule has 1 rings (SSSR count). The number of sulfonamides is 1. The minimum Gasteiger partial charge on any atom is -0.483 e. The quantitative estimate of drug-likeness (QED) is 0.396. The molecular weight excluding hydrogens is 342 g/mol. The Balaban J connectivity index is -0.000000219. The molecule has 6 N–H and O–H groups in total. The molecule has 1 amide bonds. The molecule has 0 unspecified atom stereocenters. The highest BCUT2D eigenvalue weighted by molar-refractivity contribution is 7.89. The number of nitrogens with two attached hydrogens (primary N) is 2. The zero-order chi connectivity index (χ0) is 18.9. The number of carbonyl (C=O) groups is 4. The molecule has 0 saturated carbocycles. The third-order valence-electron chi connectivity index (χ3n) is 1.85. The van der Waals surface area contributed by atoms with Gasteiger partial charge in [0.05, 0.1) is 5.75 Å². The van der Waals surface area contributed by atoms with E-state index in [4.69, 9.17) is 30.4 Å². The van der Waals surface area contributed by atoms with E-state index >= 15 is 0 Å². The number of carbonyl (C=O) groups excluding carboxylic acids is 3. The van der Waals surface area contributed by atoms with Crippen molar-refractivity contribution in [3.63, 3.8) is 0 Å². The fraction of sp³-hybridized carbons (Fsp3) is 0.231. The summed E-state index contributed by atoms with van der Waals surface area (Å²) in [5, 5.41) is 14.1. The van der Waals surface area contributed by atoms with Crippen LogP contribution in [0.5, 0.6) is 0 Å². The molecule has 0 atom stereocenters. The highest BCUT2D eigenvalue weighted by atomic mass is 32.2. The van der Waals surface area contributed by atoms with Crippen molar-refractivity contribution < 1.29 is 32.7 Å². The van der Waals surface area contributed by atoms with Gasteiger partial charge in [-0.3, -0.25) is 9.59 Å².